The molecule has 4 aliphatic rings. The summed E-state index contributed by atoms with van der Waals surface area (Å²) in [7, 11) is 0. The average Bonchev–Trinajstić information content (AvgIpc) is 3.65. The zero-order valence-corrected chi connectivity index (χ0v) is 26.4. The first-order valence-corrected chi connectivity index (χ1v) is 16.7. The normalized spacial score (nSPS) is 25.6. The van der Waals surface area contributed by atoms with Gasteiger partial charge in [-0.25, -0.2) is 22.0 Å². The van der Waals surface area contributed by atoms with E-state index in [2.05, 4.69) is 9.97 Å². The molecule has 0 radical (unpaired) electrons. The van der Waals surface area contributed by atoms with Gasteiger partial charge in [0, 0.05) is 23.9 Å². The topological polar surface area (TPSA) is 101 Å². The highest BCUT2D eigenvalue weighted by molar-refractivity contribution is 7.23. The number of nitrogens with two attached hydrogens (primary N) is 1. The zero-order chi connectivity index (χ0) is 32.8. The Kier molecular flexibility index (Phi) is 7.31. The van der Waals surface area contributed by atoms with Gasteiger partial charge in [-0.3, -0.25) is 4.90 Å². The number of piperidine rings is 1. The standard InChI is InChI=1S/C32H28ClF5N6O2S/c33-23-21(16-5-6-18(35)27-20(16)17(10-39)29(40)47-27)24(36)25-22-26(23)45-12-15-3-1-4-19(28(37)38)44(15)30(22)42-31(41-25)46-13-32-7-2-8-43(32)11-14(34)9-32/h5-6,14-15,19,28H,1-4,7-9,11-13,40H2/t14-,15?,19?,32?/m1/s1. The summed E-state index contributed by atoms with van der Waals surface area (Å²) in [6.45, 7) is 1.00. The Morgan fingerprint density at radius 2 is 2.04 bits per heavy atom. The maximum absolute atomic E-state index is 17.1. The molecule has 47 heavy (non-hydrogen) atoms. The van der Waals surface area contributed by atoms with Gasteiger partial charge in [-0.15, -0.1) is 11.3 Å². The van der Waals surface area contributed by atoms with Crippen molar-refractivity contribution in [1.29, 1.82) is 5.26 Å². The number of nitriles is 1. The molecule has 6 heterocycles. The summed E-state index contributed by atoms with van der Waals surface area (Å²) >= 11 is 7.80. The highest BCUT2D eigenvalue weighted by atomic mass is 35.5. The number of ether oxygens (including phenoxy) is 2. The van der Waals surface area contributed by atoms with E-state index in [0.717, 1.165) is 30.4 Å². The Hall–Kier alpha value is -3.67. The van der Waals surface area contributed by atoms with Gasteiger partial charge < -0.3 is 20.1 Å². The second-order valence-corrected chi connectivity index (χ2v) is 14.1. The molecule has 0 amide bonds. The Morgan fingerprint density at radius 3 is 2.83 bits per heavy atom. The molecular formula is C32H28ClF5N6O2S. The Bertz CT molecular complexity index is 1990. The minimum atomic E-state index is -2.74. The van der Waals surface area contributed by atoms with E-state index < -0.39 is 41.9 Å². The van der Waals surface area contributed by atoms with Crippen LogP contribution in [-0.2, 0) is 0 Å². The summed E-state index contributed by atoms with van der Waals surface area (Å²) in [4.78, 5) is 12.6. The van der Waals surface area contributed by atoms with Crippen LogP contribution in [0.3, 0.4) is 0 Å². The summed E-state index contributed by atoms with van der Waals surface area (Å²) in [5.74, 6) is -1.61. The molecule has 8 rings (SSSR count). The molecule has 2 aromatic heterocycles. The number of alkyl halides is 3. The summed E-state index contributed by atoms with van der Waals surface area (Å²) in [5, 5.41) is 9.83. The molecule has 2 N–H and O–H groups in total. The molecule has 4 aromatic rings. The third-order valence-electron chi connectivity index (χ3n) is 10.1. The highest BCUT2D eigenvalue weighted by Crippen LogP contribution is 2.52. The van der Waals surface area contributed by atoms with Gasteiger partial charge in [0.15, 0.2) is 11.6 Å². The van der Waals surface area contributed by atoms with Crippen molar-refractivity contribution < 1.29 is 31.4 Å². The molecular weight excluding hydrogens is 663 g/mol. The molecule has 4 aliphatic heterocycles. The van der Waals surface area contributed by atoms with Gasteiger partial charge in [0.2, 0.25) is 0 Å². The van der Waals surface area contributed by atoms with Crippen LogP contribution in [0, 0.1) is 23.0 Å². The van der Waals surface area contributed by atoms with Crippen LogP contribution in [0.25, 0.3) is 32.1 Å². The van der Waals surface area contributed by atoms with Crippen molar-refractivity contribution >= 4 is 54.7 Å². The van der Waals surface area contributed by atoms with Gasteiger partial charge in [-0.2, -0.15) is 15.2 Å². The number of aromatic nitrogens is 2. The maximum Gasteiger partial charge on any atom is 0.319 e. The number of rotatable bonds is 5. The second-order valence-electron chi connectivity index (χ2n) is 12.7. The van der Waals surface area contributed by atoms with Crippen molar-refractivity contribution in [2.24, 2.45) is 0 Å². The quantitative estimate of drug-likeness (QED) is 0.219. The van der Waals surface area contributed by atoms with Crippen LogP contribution in [0.1, 0.15) is 44.1 Å². The Morgan fingerprint density at radius 1 is 1.21 bits per heavy atom. The molecule has 246 valence electrons. The van der Waals surface area contributed by atoms with Crippen LogP contribution in [0.15, 0.2) is 12.1 Å². The van der Waals surface area contributed by atoms with Gasteiger partial charge in [0.1, 0.15) is 47.6 Å². The Balaban J connectivity index is 1.37. The van der Waals surface area contributed by atoms with Crippen molar-refractivity contribution in [2.75, 3.05) is 36.9 Å². The fourth-order valence-corrected chi connectivity index (χ4v) is 9.33. The lowest BCUT2D eigenvalue weighted by molar-refractivity contribution is 0.0872. The van der Waals surface area contributed by atoms with Crippen molar-refractivity contribution in [3.8, 4) is 29.0 Å². The van der Waals surface area contributed by atoms with E-state index in [9.17, 15) is 22.8 Å². The van der Waals surface area contributed by atoms with E-state index in [1.54, 1.807) is 0 Å². The van der Waals surface area contributed by atoms with Crippen molar-refractivity contribution in [3.05, 3.63) is 34.4 Å². The average molecular weight is 691 g/mol. The molecule has 8 nitrogen and oxygen atoms in total. The molecule has 2 aromatic carbocycles. The van der Waals surface area contributed by atoms with Gasteiger partial charge in [0.25, 0.3) is 6.43 Å². The summed E-state index contributed by atoms with van der Waals surface area (Å²) in [6, 6.07) is 2.40. The molecule has 0 bridgehead atoms. The number of fused-ring (bicyclic) bond motifs is 4. The molecule has 3 unspecified atom stereocenters. The smallest absolute Gasteiger partial charge is 0.319 e. The van der Waals surface area contributed by atoms with Crippen LogP contribution in [-0.4, -0.2) is 71.4 Å². The van der Waals surface area contributed by atoms with Gasteiger partial charge in [-0.1, -0.05) is 17.7 Å². The molecule has 0 saturated carbocycles. The van der Waals surface area contributed by atoms with Gasteiger partial charge in [0.05, 0.1) is 38.3 Å². The molecule has 4 atom stereocenters. The van der Waals surface area contributed by atoms with E-state index >= 15 is 4.39 Å². The number of thiophene rings is 1. The van der Waals surface area contributed by atoms with Crippen LogP contribution in [0.4, 0.5) is 32.8 Å². The Labute approximate surface area is 274 Å². The van der Waals surface area contributed by atoms with Crippen LogP contribution in [0.2, 0.25) is 5.02 Å². The number of hydrogen-bond acceptors (Lipinski definition) is 9. The number of halogens is 6. The predicted octanol–water partition coefficient (Wildman–Crippen LogP) is 7.24. The number of nitrogens with zero attached hydrogens (tertiary/aromatic N) is 5. The van der Waals surface area contributed by atoms with Crippen LogP contribution in [0.5, 0.6) is 11.8 Å². The highest BCUT2D eigenvalue weighted by Gasteiger charge is 2.50. The third kappa shape index (κ3) is 4.60. The second kappa shape index (κ2) is 11.2. The fourth-order valence-electron chi connectivity index (χ4n) is 8.05. The van der Waals surface area contributed by atoms with E-state index in [4.69, 9.17) is 26.8 Å². The van der Waals surface area contributed by atoms with Crippen LogP contribution < -0.4 is 20.1 Å². The maximum atomic E-state index is 17.1. The SMILES string of the molecule is N#Cc1c(N)sc2c(F)ccc(-c3c(Cl)c4c5c(nc(OCC67CCCN6C[C@H](F)C7)nc5c3F)N3C(CCCC3C(F)F)CO4)c12. The van der Waals surface area contributed by atoms with E-state index in [1.807, 2.05) is 11.0 Å². The number of hydrogen-bond donors (Lipinski definition) is 1. The minimum absolute atomic E-state index is 0.00712. The first-order valence-electron chi connectivity index (χ1n) is 15.5. The zero-order valence-electron chi connectivity index (χ0n) is 24.8. The number of anilines is 2. The summed E-state index contributed by atoms with van der Waals surface area (Å²) < 4.78 is 88.0. The van der Waals surface area contributed by atoms with E-state index in [-0.39, 0.29) is 91.3 Å². The van der Waals surface area contributed by atoms with Gasteiger partial charge in [-0.05, 0) is 50.3 Å². The van der Waals surface area contributed by atoms with E-state index in [0.29, 0.717) is 25.8 Å². The number of nitrogen functional groups attached to an aromatic ring is 1. The first kappa shape index (κ1) is 30.7. The van der Waals surface area contributed by atoms with Crippen LogP contribution >= 0.6 is 22.9 Å². The summed E-state index contributed by atoms with van der Waals surface area (Å²) in [6.07, 6.45) is -0.694. The molecule has 15 heteroatoms. The van der Waals surface area contributed by atoms with E-state index in [1.165, 1.54) is 11.0 Å². The predicted molar refractivity (Wildman–Crippen MR) is 168 cm³/mol. The molecule has 3 saturated heterocycles. The lowest BCUT2D eigenvalue weighted by Crippen LogP contribution is -2.52. The van der Waals surface area contributed by atoms with Crippen molar-refractivity contribution in [1.82, 2.24) is 14.9 Å². The largest absolute Gasteiger partial charge is 0.489 e. The monoisotopic (exact) mass is 690 g/mol. The van der Waals surface area contributed by atoms with Gasteiger partial charge >= 0.3 is 6.01 Å². The lowest BCUT2D eigenvalue weighted by Gasteiger charge is -2.41. The molecule has 0 aliphatic carbocycles. The molecule has 3 fully saturated rings. The number of benzene rings is 2. The fraction of sp³-hybridized carbons (Fsp3) is 0.469. The third-order valence-corrected chi connectivity index (χ3v) is 11.5. The van der Waals surface area contributed by atoms with Crippen molar-refractivity contribution in [2.45, 2.75) is 68.7 Å². The molecule has 0 spiro atoms. The minimum Gasteiger partial charge on any atom is -0.489 e. The first-order chi connectivity index (χ1) is 22.6. The lowest BCUT2D eigenvalue weighted by atomic mass is 9.94. The van der Waals surface area contributed by atoms with Crippen molar-refractivity contribution in [3.63, 3.8) is 0 Å². The summed E-state index contributed by atoms with van der Waals surface area (Å²) in [5.41, 5.74) is 5.02.